The second kappa shape index (κ2) is 5.27. The van der Waals surface area contributed by atoms with Crippen LogP contribution in [0, 0.1) is 6.92 Å². The fraction of sp³-hybridized carbons (Fsp3) is 0.250. The number of rotatable bonds is 3. The van der Waals surface area contributed by atoms with E-state index in [0.717, 1.165) is 11.1 Å². The second-order valence-electron chi connectivity index (χ2n) is 6.28. The quantitative estimate of drug-likeness (QED) is 0.675. The molecule has 2 heterocycles. The predicted molar refractivity (Wildman–Crippen MR) is 90.0 cm³/mol. The Bertz CT molecular complexity index is 879. The molecular weight excluding hydrogens is 286 g/mol. The fourth-order valence-corrected chi connectivity index (χ4v) is 3.53. The van der Waals surface area contributed by atoms with Gasteiger partial charge in [0.2, 0.25) is 0 Å². The minimum Gasteiger partial charge on any atom is -0.464 e. The van der Waals surface area contributed by atoms with Crippen molar-refractivity contribution in [1.29, 1.82) is 0 Å². The van der Waals surface area contributed by atoms with Gasteiger partial charge in [-0.1, -0.05) is 36.4 Å². The molecule has 1 aliphatic carbocycles. The number of benzene rings is 1. The number of aromatic nitrogens is 1. The maximum Gasteiger partial charge on any atom is 0.355 e. The maximum absolute atomic E-state index is 12.0. The van der Waals surface area contributed by atoms with Gasteiger partial charge in [-0.25, -0.2) is 4.79 Å². The third-order valence-electron chi connectivity index (χ3n) is 4.81. The first-order chi connectivity index (χ1) is 11.2. The third-order valence-corrected chi connectivity index (χ3v) is 4.81. The van der Waals surface area contributed by atoms with Gasteiger partial charge in [-0.2, -0.15) is 0 Å². The number of hydrogen-bond acceptors (Lipinski definition) is 2. The van der Waals surface area contributed by atoms with E-state index in [9.17, 15) is 4.79 Å². The first-order valence-corrected chi connectivity index (χ1v) is 7.94. The molecule has 23 heavy (non-hydrogen) atoms. The average Bonchev–Trinajstić information content (AvgIpc) is 3.31. The zero-order valence-corrected chi connectivity index (χ0v) is 13.3. The van der Waals surface area contributed by atoms with Crippen LogP contribution in [0.5, 0.6) is 0 Å². The number of carbonyl (C=O) groups excluding carboxylic acids is 1. The summed E-state index contributed by atoms with van der Waals surface area (Å²) in [6.07, 6.45) is 3.27. The Labute approximate surface area is 135 Å². The molecule has 0 amide bonds. The lowest BCUT2D eigenvalue weighted by atomic mass is 10.1. The summed E-state index contributed by atoms with van der Waals surface area (Å²) in [5.41, 5.74) is 5.29. The molecule has 3 nitrogen and oxygen atoms in total. The monoisotopic (exact) mass is 305 g/mol. The smallest absolute Gasteiger partial charge is 0.355 e. The van der Waals surface area contributed by atoms with E-state index < -0.39 is 0 Å². The van der Waals surface area contributed by atoms with E-state index >= 15 is 0 Å². The van der Waals surface area contributed by atoms with E-state index in [1.807, 2.05) is 17.4 Å². The van der Waals surface area contributed by atoms with Crippen LogP contribution in [-0.2, 0) is 4.74 Å². The van der Waals surface area contributed by atoms with Crippen LogP contribution in [-0.4, -0.2) is 17.5 Å². The van der Waals surface area contributed by atoms with Crippen molar-refractivity contribution in [3.8, 4) is 0 Å². The molecule has 4 rings (SSSR count). The normalized spacial score (nSPS) is 19.7. The molecule has 0 saturated heterocycles. The molecular formula is C20H19NO2. The summed E-state index contributed by atoms with van der Waals surface area (Å²) < 4.78 is 6.90. The molecule has 0 spiro atoms. The molecule has 0 aliphatic heterocycles. The maximum atomic E-state index is 12.0. The van der Waals surface area contributed by atoms with Gasteiger partial charge in [0.15, 0.2) is 0 Å². The van der Waals surface area contributed by atoms with E-state index in [-0.39, 0.29) is 5.97 Å². The van der Waals surface area contributed by atoms with Crippen LogP contribution in [0.2, 0.25) is 0 Å². The van der Waals surface area contributed by atoms with E-state index in [1.54, 1.807) is 0 Å². The largest absolute Gasteiger partial charge is 0.464 e. The zero-order chi connectivity index (χ0) is 16.0. The molecule has 3 aromatic rings. The fourth-order valence-electron chi connectivity index (χ4n) is 3.53. The van der Waals surface area contributed by atoms with Gasteiger partial charge >= 0.3 is 5.97 Å². The summed E-state index contributed by atoms with van der Waals surface area (Å²) in [7, 11) is 1.43. The highest BCUT2D eigenvalue weighted by Crippen LogP contribution is 2.54. The lowest BCUT2D eigenvalue weighted by Crippen LogP contribution is -2.07. The van der Waals surface area contributed by atoms with Gasteiger partial charge in [0, 0.05) is 11.7 Å². The molecule has 2 atom stereocenters. The van der Waals surface area contributed by atoms with Crippen LogP contribution in [0.4, 0.5) is 0 Å². The number of carbonyl (C=O) groups is 1. The molecule has 0 radical (unpaired) electrons. The van der Waals surface area contributed by atoms with Crippen molar-refractivity contribution in [2.75, 3.05) is 7.11 Å². The molecule has 116 valence electrons. The SMILES string of the molecule is COC(=O)c1c(C)cc2ccc(C3CC3c3ccccc3)cn12. The Hall–Kier alpha value is -2.55. The topological polar surface area (TPSA) is 30.7 Å². The minimum absolute atomic E-state index is 0.282. The number of fused-ring (bicyclic) bond motifs is 1. The Morgan fingerprint density at radius 1 is 1.09 bits per heavy atom. The van der Waals surface area contributed by atoms with Crippen LogP contribution in [0.25, 0.3) is 5.52 Å². The standard InChI is InChI=1S/C20H19NO2/c1-13-10-16-9-8-15(12-21(16)19(13)20(22)23-2)18-11-17(18)14-6-4-3-5-7-14/h3-10,12,17-18H,11H2,1-2H3. The van der Waals surface area contributed by atoms with Crippen LogP contribution in [0.3, 0.4) is 0 Å². The first-order valence-electron chi connectivity index (χ1n) is 7.94. The molecule has 1 aliphatic rings. The number of esters is 1. The van der Waals surface area contributed by atoms with Gasteiger partial charge in [-0.05, 0) is 54.0 Å². The molecule has 2 aromatic heterocycles. The summed E-state index contributed by atoms with van der Waals surface area (Å²) in [6, 6.07) is 16.9. The third kappa shape index (κ3) is 2.33. The van der Waals surface area contributed by atoms with Gasteiger partial charge < -0.3 is 9.14 Å². The molecule has 0 bridgehead atoms. The predicted octanol–water partition coefficient (Wildman–Crippen LogP) is 4.31. The van der Waals surface area contributed by atoms with Gasteiger partial charge in [0.1, 0.15) is 5.69 Å². The number of methoxy groups -OCH3 is 1. The van der Waals surface area contributed by atoms with E-state index in [4.69, 9.17) is 4.74 Å². The highest BCUT2D eigenvalue weighted by molar-refractivity contribution is 5.91. The van der Waals surface area contributed by atoms with Crippen LogP contribution >= 0.6 is 0 Å². The first kappa shape index (κ1) is 14.1. The molecule has 1 fully saturated rings. The van der Waals surface area contributed by atoms with E-state index in [2.05, 4.69) is 48.7 Å². The van der Waals surface area contributed by atoms with E-state index in [0.29, 0.717) is 17.5 Å². The van der Waals surface area contributed by atoms with Crippen molar-refractivity contribution in [2.24, 2.45) is 0 Å². The summed E-state index contributed by atoms with van der Waals surface area (Å²) in [6.45, 7) is 1.95. The summed E-state index contributed by atoms with van der Waals surface area (Å²) in [4.78, 5) is 12.0. The Kier molecular flexibility index (Phi) is 3.22. The number of aryl methyl sites for hydroxylation is 1. The highest BCUT2D eigenvalue weighted by Gasteiger charge is 2.39. The molecule has 1 aromatic carbocycles. The molecule has 1 saturated carbocycles. The molecule has 3 heteroatoms. The lowest BCUT2D eigenvalue weighted by molar-refractivity contribution is 0.0592. The highest BCUT2D eigenvalue weighted by atomic mass is 16.5. The number of hydrogen-bond donors (Lipinski definition) is 0. The zero-order valence-electron chi connectivity index (χ0n) is 13.3. The Morgan fingerprint density at radius 3 is 2.57 bits per heavy atom. The van der Waals surface area contributed by atoms with Crippen molar-refractivity contribution in [1.82, 2.24) is 4.40 Å². The lowest BCUT2D eigenvalue weighted by Gasteiger charge is -2.06. The average molecular weight is 305 g/mol. The van der Waals surface area contributed by atoms with Crippen LogP contribution in [0.1, 0.15) is 45.4 Å². The Balaban J connectivity index is 1.71. The molecule has 0 N–H and O–H groups in total. The van der Waals surface area contributed by atoms with Crippen molar-refractivity contribution >= 4 is 11.5 Å². The minimum atomic E-state index is -0.282. The number of nitrogens with zero attached hydrogens (tertiary/aromatic N) is 1. The van der Waals surface area contributed by atoms with Gasteiger partial charge in [0.05, 0.1) is 7.11 Å². The number of pyridine rings is 1. The van der Waals surface area contributed by atoms with Crippen LogP contribution in [0.15, 0.2) is 54.7 Å². The van der Waals surface area contributed by atoms with Crippen molar-refractivity contribution < 1.29 is 9.53 Å². The Morgan fingerprint density at radius 2 is 1.83 bits per heavy atom. The van der Waals surface area contributed by atoms with Gasteiger partial charge in [-0.15, -0.1) is 0 Å². The van der Waals surface area contributed by atoms with Crippen LogP contribution < -0.4 is 0 Å². The van der Waals surface area contributed by atoms with Crippen molar-refractivity contribution in [2.45, 2.75) is 25.2 Å². The van der Waals surface area contributed by atoms with Gasteiger partial charge in [0.25, 0.3) is 0 Å². The summed E-state index contributed by atoms with van der Waals surface area (Å²) in [5.74, 6) is 0.844. The van der Waals surface area contributed by atoms with E-state index in [1.165, 1.54) is 24.7 Å². The van der Waals surface area contributed by atoms with Crippen molar-refractivity contribution in [3.63, 3.8) is 0 Å². The molecule has 2 unspecified atom stereocenters. The number of ether oxygens (including phenoxy) is 1. The second-order valence-corrected chi connectivity index (χ2v) is 6.28. The summed E-state index contributed by atoms with van der Waals surface area (Å²) >= 11 is 0. The van der Waals surface area contributed by atoms with Gasteiger partial charge in [-0.3, -0.25) is 0 Å². The summed E-state index contributed by atoms with van der Waals surface area (Å²) in [5, 5.41) is 0. The van der Waals surface area contributed by atoms with Crippen molar-refractivity contribution in [3.05, 3.63) is 77.1 Å².